The third kappa shape index (κ3) is 3.17. The van der Waals surface area contributed by atoms with Crippen LogP contribution in [-0.2, 0) is 4.74 Å². The number of fused-ring (bicyclic) bond motifs is 1. The molecule has 2 aromatic rings. The minimum absolute atomic E-state index is 0.0930. The van der Waals surface area contributed by atoms with Crippen molar-refractivity contribution in [3.05, 3.63) is 40.2 Å². The van der Waals surface area contributed by atoms with Gasteiger partial charge in [0.05, 0.1) is 12.0 Å². The van der Waals surface area contributed by atoms with Gasteiger partial charge in [0.2, 0.25) is 5.76 Å². The molecule has 0 aliphatic carbocycles. The van der Waals surface area contributed by atoms with E-state index in [9.17, 15) is 9.59 Å². The number of nitrogen functional groups attached to an aromatic ring is 1. The molecule has 5 nitrogen and oxygen atoms in total. The number of carbonyl (C=O) groups excluding carboxylic acids is 1. The van der Waals surface area contributed by atoms with E-state index in [-0.39, 0.29) is 16.8 Å². The second kappa shape index (κ2) is 6.23. The highest BCUT2D eigenvalue weighted by Crippen LogP contribution is 2.16. The second-order valence-electron chi connectivity index (χ2n) is 4.57. The van der Waals surface area contributed by atoms with Gasteiger partial charge in [-0.15, -0.1) is 0 Å². The Morgan fingerprint density at radius 1 is 1.30 bits per heavy atom. The van der Waals surface area contributed by atoms with Gasteiger partial charge in [-0.3, -0.25) is 4.79 Å². The SMILES string of the molecule is CCCCCOC(=O)c1cc(=O)c2ccc(N)cc2o1. The number of unbranched alkanes of at least 4 members (excludes halogenated alkanes) is 2. The monoisotopic (exact) mass is 275 g/mol. The summed E-state index contributed by atoms with van der Waals surface area (Å²) in [6, 6.07) is 5.86. The Bertz CT molecular complexity index is 675. The Kier molecular flexibility index (Phi) is 4.40. The van der Waals surface area contributed by atoms with Gasteiger partial charge in [0, 0.05) is 17.8 Å². The van der Waals surface area contributed by atoms with Gasteiger partial charge in [-0.2, -0.15) is 0 Å². The summed E-state index contributed by atoms with van der Waals surface area (Å²) in [6.07, 6.45) is 2.83. The molecule has 5 heteroatoms. The molecule has 1 heterocycles. The molecule has 0 radical (unpaired) electrons. The minimum Gasteiger partial charge on any atom is -0.460 e. The lowest BCUT2D eigenvalue weighted by atomic mass is 10.2. The van der Waals surface area contributed by atoms with Crippen molar-refractivity contribution >= 4 is 22.6 Å². The van der Waals surface area contributed by atoms with Crippen molar-refractivity contribution in [2.24, 2.45) is 0 Å². The minimum atomic E-state index is -0.623. The fourth-order valence-corrected chi connectivity index (χ4v) is 1.86. The zero-order chi connectivity index (χ0) is 14.5. The van der Waals surface area contributed by atoms with Crippen LogP contribution in [0.15, 0.2) is 33.5 Å². The van der Waals surface area contributed by atoms with Gasteiger partial charge in [0.15, 0.2) is 5.43 Å². The summed E-state index contributed by atoms with van der Waals surface area (Å²) in [4.78, 5) is 23.7. The average Bonchev–Trinajstić information content (AvgIpc) is 2.42. The van der Waals surface area contributed by atoms with Crippen LogP contribution in [0.4, 0.5) is 5.69 Å². The van der Waals surface area contributed by atoms with Crippen LogP contribution in [0, 0.1) is 0 Å². The van der Waals surface area contributed by atoms with Gasteiger partial charge >= 0.3 is 5.97 Å². The van der Waals surface area contributed by atoms with Crippen molar-refractivity contribution in [3.63, 3.8) is 0 Å². The largest absolute Gasteiger partial charge is 0.460 e. The van der Waals surface area contributed by atoms with Crippen molar-refractivity contribution in [1.29, 1.82) is 0 Å². The maximum Gasteiger partial charge on any atom is 0.374 e. The Hall–Kier alpha value is -2.30. The van der Waals surface area contributed by atoms with Crippen LogP contribution in [0.25, 0.3) is 11.0 Å². The smallest absolute Gasteiger partial charge is 0.374 e. The molecule has 0 atom stereocenters. The van der Waals surface area contributed by atoms with Crippen molar-refractivity contribution in [2.45, 2.75) is 26.2 Å². The lowest BCUT2D eigenvalue weighted by Crippen LogP contribution is -2.11. The first kappa shape index (κ1) is 14.1. The number of ether oxygens (including phenoxy) is 1. The van der Waals surface area contributed by atoms with E-state index < -0.39 is 5.97 Å². The molecular formula is C15H17NO4. The van der Waals surface area contributed by atoms with E-state index in [0.717, 1.165) is 25.3 Å². The molecule has 0 fully saturated rings. The van der Waals surface area contributed by atoms with Gasteiger partial charge < -0.3 is 14.9 Å². The summed E-state index contributed by atoms with van der Waals surface area (Å²) in [5.41, 5.74) is 6.11. The molecule has 0 aliphatic rings. The molecule has 0 saturated carbocycles. The van der Waals surface area contributed by atoms with Gasteiger partial charge in [0.1, 0.15) is 5.58 Å². The molecular weight excluding hydrogens is 258 g/mol. The van der Waals surface area contributed by atoms with E-state index in [2.05, 4.69) is 6.92 Å². The van der Waals surface area contributed by atoms with E-state index in [1.165, 1.54) is 6.07 Å². The van der Waals surface area contributed by atoms with Crippen molar-refractivity contribution in [2.75, 3.05) is 12.3 Å². The van der Waals surface area contributed by atoms with E-state index in [1.54, 1.807) is 12.1 Å². The molecule has 2 N–H and O–H groups in total. The Morgan fingerprint density at radius 2 is 2.10 bits per heavy atom. The fraction of sp³-hybridized carbons (Fsp3) is 0.333. The molecule has 0 amide bonds. The first-order valence-electron chi connectivity index (χ1n) is 6.62. The number of hydrogen-bond donors (Lipinski definition) is 1. The highest BCUT2D eigenvalue weighted by Gasteiger charge is 2.13. The van der Waals surface area contributed by atoms with Crippen LogP contribution in [0.3, 0.4) is 0 Å². The number of esters is 1. The molecule has 0 aliphatic heterocycles. The average molecular weight is 275 g/mol. The maximum absolute atomic E-state index is 11.9. The quantitative estimate of drug-likeness (QED) is 0.515. The number of anilines is 1. The molecule has 106 valence electrons. The van der Waals surface area contributed by atoms with Crippen LogP contribution in [0.1, 0.15) is 36.7 Å². The van der Waals surface area contributed by atoms with E-state index in [1.807, 2.05) is 0 Å². The van der Waals surface area contributed by atoms with Crippen LogP contribution in [0.2, 0.25) is 0 Å². The molecule has 0 bridgehead atoms. The first-order valence-corrected chi connectivity index (χ1v) is 6.62. The standard InChI is InChI=1S/C15H17NO4/c1-2-3-4-7-19-15(18)14-9-12(17)11-6-5-10(16)8-13(11)20-14/h5-6,8-9H,2-4,7,16H2,1H3. The first-order chi connectivity index (χ1) is 9.61. The topological polar surface area (TPSA) is 82.5 Å². The van der Waals surface area contributed by atoms with Crippen LogP contribution in [-0.4, -0.2) is 12.6 Å². The summed E-state index contributed by atoms with van der Waals surface area (Å²) in [6.45, 7) is 2.39. The van der Waals surface area contributed by atoms with Crippen molar-refractivity contribution in [1.82, 2.24) is 0 Å². The zero-order valence-electron chi connectivity index (χ0n) is 11.3. The zero-order valence-corrected chi connectivity index (χ0v) is 11.3. The molecule has 2 rings (SSSR count). The van der Waals surface area contributed by atoms with Crippen molar-refractivity contribution in [3.8, 4) is 0 Å². The van der Waals surface area contributed by atoms with Crippen LogP contribution in [0.5, 0.6) is 0 Å². The third-order valence-corrected chi connectivity index (χ3v) is 2.94. The molecule has 0 spiro atoms. The summed E-state index contributed by atoms with van der Waals surface area (Å²) >= 11 is 0. The van der Waals surface area contributed by atoms with Gasteiger partial charge in [0.25, 0.3) is 0 Å². The molecule has 1 aromatic heterocycles. The Balaban J connectivity index is 2.22. The summed E-state index contributed by atoms with van der Waals surface area (Å²) in [5, 5.41) is 0.390. The number of benzene rings is 1. The molecule has 0 unspecified atom stereocenters. The number of nitrogens with two attached hydrogens (primary N) is 1. The molecule has 0 saturated heterocycles. The molecule has 1 aromatic carbocycles. The highest BCUT2D eigenvalue weighted by molar-refractivity contribution is 5.89. The van der Waals surface area contributed by atoms with Crippen LogP contribution >= 0.6 is 0 Å². The number of rotatable bonds is 5. The maximum atomic E-state index is 11.9. The third-order valence-electron chi connectivity index (χ3n) is 2.94. The Morgan fingerprint density at radius 3 is 2.85 bits per heavy atom. The normalized spacial score (nSPS) is 10.7. The van der Waals surface area contributed by atoms with E-state index in [4.69, 9.17) is 14.9 Å². The highest BCUT2D eigenvalue weighted by atomic mass is 16.5. The predicted octanol–water partition coefficient (Wildman–Crippen LogP) is 2.72. The molecule has 20 heavy (non-hydrogen) atoms. The second-order valence-corrected chi connectivity index (χ2v) is 4.57. The number of hydrogen-bond acceptors (Lipinski definition) is 5. The number of carbonyl (C=O) groups is 1. The summed E-state index contributed by atoms with van der Waals surface area (Å²) in [7, 11) is 0. The van der Waals surface area contributed by atoms with E-state index >= 15 is 0 Å². The van der Waals surface area contributed by atoms with Crippen LogP contribution < -0.4 is 11.2 Å². The van der Waals surface area contributed by atoms with Gasteiger partial charge in [-0.05, 0) is 18.6 Å². The fourth-order valence-electron chi connectivity index (χ4n) is 1.86. The van der Waals surface area contributed by atoms with Gasteiger partial charge in [-0.1, -0.05) is 19.8 Å². The van der Waals surface area contributed by atoms with E-state index in [0.29, 0.717) is 17.7 Å². The Labute approximate surface area is 116 Å². The lowest BCUT2D eigenvalue weighted by Gasteiger charge is -2.05. The van der Waals surface area contributed by atoms with Crippen molar-refractivity contribution < 1.29 is 13.9 Å². The summed E-state index contributed by atoms with van der Waals surface area (Å²) in [5.74, 6) is -0.716. The lowest BCUT2D eigenvalue weighted by molar-refractivity contribution is 0.0462. The summed E-state index contributed by atoms with van der Waals surface area (Å²) < 4.78 is 10.4. The predicted molar refractivity (Wildman–Crippen MR) is 76.7 cm³/mol. The van der Waals surface area contributed by atoms with Gasteiger partial charge in [-0.25, -0.2) is 4.79 Å².